The molecule has 4 rings (SSSR count). The van der Waals surface area contributed by atoms with Crippen LogP contribution in [0.25, 0.3) is 16.6 Å². The first-order chi connectivity index (χ1) is 12.2. The fraction of sp³-hybridized carbons (Fsp3) is 0. The second-order valence-corrected chi connectivity index (χ2v) is 5.95. The Morgan fingerprint density at radius 3 is 2.72 bits per heavy atom. The van der Waals surface area contributed by atoms with Gasteiger partial charge in [-0.15, -0.1) is 0 Å². The van der Waals surface area contributed by atoms with E-state index in [4.69, 9.17) is 28.2 Å². The molecule has 4 aromatic rings. The van der Waals surface area contributed by atoms with Crippen LogP contribution in [0.5, 0.6) is 0 Å². The van der Waals surface area contributed by atoms with Crippen LogP contribution in [0.2, 0.25) is 5.02 Å². The van der Waals surface area contributed by atoms with E-state index in [0.717, 1.165) is 27.8 Å². The lowest BCUT2D eigenvalue weighted by Gasteiger charge is -2.12. The number of benzene rings is 2. The number of hydrogen-bond acceptors (Lipinski definition) is 4. The number of nitrogens with zero attached hydrogens (tertiary/aromatic N) is 3. The van der Waals surface area contributed by atoms with Crippen molar-refractivity contribution in [2.24, 2.45) is 16.7 Å². The summed E-state index contributed by atoms with van der Waals surface area (Å²) in [6.07, 6.45) is 1.98. The highest BCUT2D eigenvalue weighted by molar-refractivity contribution is 6.33. The number of hydrazone groups is 1. The Hall–Kier alpha value is -3.25. The number of anilines is 2. The molecule has 0 aliphatic carbocycles. The van der Waals surface area contributed by atoms with Gasteiger partial charge in [0.15, 0.2) is 5.82 Å². The zero-order chi connectivity index (χ0) is 17.4. The monoisotopic (exact) mass is 350 g/mol. The maximum atomic E-state index is 6.26. The molecule has 0 fully saturated rings. The zero-order valence-electron chi connectivity index (χ0n) is 13.1. The molecule has 2 aromatic heterocycles. The predicted octanol–water partition coefficient (Wildman–Crippen LogP) is 3.46. The summed E-state index contributed by atoms with van der Waals surface area (Å²) in [5.41, 5.74) is 9.99. The van der Waals surface area contributed by atoms with Gasteiger partial charge in [-0.3, -0.25) is 0 Å². The minimum absolute atomic E-state index is 0.261. The van der Waals surface area contributed by atoms with Crippen LogP contribution in [0.15, 0.2) is 65.9 Å². The predicted molar refractivity (Wildman–Crippen MR) is 102 cm³/mol. The summed E-state index contributed by atoms with van der Waals surface area (Å²) in [4.78, 5) is 4.75. The Morgan fingerprint density at radius 1 is 1.08 bits per heavy atom. The molecule has 0 spiro atoms. The lowest BCUT2D eigenvalue weighted by molar-refractivity contribution is 1.21. The average Bonchev–Trinajstić information content (AvgIpc) is 3.13. The van der Waals surface area contributed by atoms with Gasteiger partial charge in [-0.05, 0) is 42.5 Å². The molecular weight excluding hydrogens is 336 g/mol. The number of halogens is 1. The average molecular weight is 351 g/mol. The van der Waals surface area contributed by atoms with E-state index in [-0.39, 0.29) is 5.84 Å². The molecule has 0 saturated carbocycles. The number of nitrogens with one attached hydrogen (secondary N) is 1. The molecule has 0 saturated heterocycles. The highest BCUT2D eigenvalue weighted by atomic mass is 35.5. The summed E-state index contributed by atoms with van der Waals surface area (Å²) in [7, 11) is 0. The third-order valence-corrected chi connectivity index (χ3v) is 4.35. The van der Waals surface area contributed by atoms with Crippen molar-refractivity contribution in [3.05, 3.63) is 71.4 Å². The number of hydrogen-bond donors (Lipinski definition) is 3. The van der Waals surface area contributed by atoms with Crippen LogP contribution in [0.1, 0.15) is 5.56 Å². The Labute approximate surface area is 148 Å². The highest BCUT2D eigenvalue weighted by Gasteiger charge is 2.11. The van der Waals surface area contributed by atoms with E-state index in [1.54, 1.807) is 0 Å². The van der Waals surface area contributed by atoms with Gasteiger partial charge in [0.2, 0.25) is 0 Å². The number of para-hydroxylation sites is 1. The number of fused-ring (bicyclic) bond motifs is 3. The molecule has 0 amide bonds. The Bertz CT molecular complexity index is 1120. The van der Waals surface area contributed by atoms with Crippen LogP contribution in [0, 0.1) is 0 Å². The van der Waals surface area contributed by atoms with Crippen molar-refractivity contribution in [2.45, 2.75) is 0 Å². The van der Waals surface area contributed by atoms with Gasteiger partial charge in [-0.2, -0.15) is 5.10 Å². The van der Waals surface area contributed by atoms with E-state index in [9.17, 15) is 0 Å². The van der Waals surface area contributed by atoms with Crippen molar-refractivity contribution >= 4 is 45.5 Å². The number of nitrogens with two attached hydrogens (primary N) is 2. The van der Waals surface area contributed by atoms with Gasteiger partial charge in [-0.1, -0.05) is 23.7 Å². The normalized spacial score (nSPS) is 12.0. The van der Waals surface area contributed by atoms with Gasteiger partial charge in [0, 0.05) is 11.8 Å². The fourth-order valence-electron chi connectivity index (χ4n) is 2.79. The minimum atomic E-state index is 0.261. The van der Waals surface area contributed by atoms with E-state index < -0.39 is 0 Å². The smallest absolute Gasteiger partial charge is 0.155 e. The zero-order valence-corrected chi connectivity index (χ0v) is 13.9. The Morgan fingerprint density at radius 2 is 1.92 bits per heavy atom. The van der Waals surface area contributed by atoms with Gasteiger partial charge in [0.05, 0.1) is 27.3 Å². The molecule has 124 valence electrons. The Balaban J connectivity index is 1.93. The summed E-state index contributed by atoms with van der Waals surface area (Å²) in [6, 6.07) is 17.2. The van der Waals surface area contributed by atoms with Crippen LogP contribution in [-0.4, -0.2) is 15.2 Å². The molecule has 0 aliphatic heterocycles. The van der Waals surface area contributed by atoms with Gasteiger partial charge >= 0.3 is 0 Å². The maximum Gasteiger partial charge on any atom is 0.155 e. The lowest BCUT2D eigenvalue weighted by Crippen LogP contribution is -2.15. The van der Waals surface area contributed by atoms with Gasteiger partial charge < -0.3 is 21.3 Å². The summed E-state index contributed by atoms with van der Waals surface area (Å²) in [5.74, 6) is 6.24. The molecular formula is C18H15ClN6. The molecule has 0 aliphatic rings. The molecule has 0 bridgehead atoms. The topological polar surface area (TPSA) is 93.7 Å². The molecule has 0 radical (unpaired) electrons. The summed E-state index contributed by atoms with van der Waals surface area (Å²) in [5, 5.41) is 7.48. The second kappa shape index (κ2) is 5.99. The highest BCUT2D eigenvalue weighted by Crippen LogP contribution is 2.29. The maximum absolute atomic E-state index is 6.26. The van der Waals surface area contributed by atoms with Gasteiger partial charge in [-0.25, -0.2) is 4.98 Å². The molecule has 2 aromatic carbocycles. The largest absolute Gasteiger partial charge is 0.382 e. The Kier molecular flexibility index (Phi) is 3.66. The van der Waals surface area contributed by atoms with Crippen LogP contribution in [0.4, 0.5) is 11.5 Å². The van der Waals surface area contributed by atoms with Crippen LogP contribution >= 0.6 is 11.6 Å². The van der Waals surface area contributed by atoms with Gasteiger partial charge in [0.25, 0.3) is 0 Å². The molecule has 25 heavy (non-hydrogen) atoms. The minimum Gasteiger partial charge on any atom is -0.382 e. The van der Waals surface area contributed by atoms with E-state index in [1.807, 2.05) is 60.8 Å². The lowest BCUT2D eigenvalue weighted by atomic mass is 10.1. The summed E-state index contributed by atoms with van der Waals surface area (Å²) >= 11 is 6.26. The molecule has 0 unspecified atom stereocenters. The van der Waals surface area contributed by atoms with E-state index in [2.05, 4.69) is 14.8 Å². The first-order valence-electron chi connectivity index (χ1n) is 7.63. The number of rotatable bonds is 3. The molecule has 2 heterocycles. The number of aromatic nitrogens is 2. The fourth-order valence-corrected chi connectivity index (χ4v) is 2.98. The first kappa shape index (κ1) is 15.3. The number of amidine groups is 1. The second-order valence-electron chi connectivity index (χ2n) is 5.55. The van der Waals surface area contributed by atoms with Crippen molar-refractivity contribution in [3.8, 4) is 0 Å². The van der Waals surface area contributed by atoms with Crippen molar-refractivity contribution in [2.75, 3.05) is 5.32 Å². The van der Waals surface area contributed by atoms with Crippen molar-refractivity contribution in [1.29, 1.82) is 0 Å². The van der Waals surface area contributed by atoms with Crippen LogP contribution in [-0.2, 0) is 0 Å². The molecule has 5 N–H and O–H groups in total. The third kappa shape index (κ3) is 2.62. The van der Waals surface area contributed by atoms with Crippen molar-refractivity contribution in [1.82, 2.24) is 9.38 Å². The summed E-state index contributed by atoms with van der Waals surface area (Å²) < 4.78 is 2.06. The van der Waals surface area contributed by atoms with E-state index >= 15 is 0 Å². The van der Waals surface area contributed by atoms with Crippen LogP contribution in [0.3, 0.4) is 0 Å². The van der Waals surface area contributed by atoms with Gasteiger partial charge in [0.1, 0.15) is 5.84 Å². The third-order valence-electron chi connectivity index (χ3n) is 4.02. The van der Waals surface area contributed by atoms with E-state index in [1.165, 1.54) is 0 Å². The van der Waals surface area contributed by atoms with Crippen LogP contribution < -0.4 is 16.9 Å². The van der Waals surface area contributed by atoms with Crippen molar-refractivity contribution < 1.29 is 0 Å². The first-order valence-corrected chi connectivity index (χ1v) is 8.01. The van der Waals surface area contributed by atoms with Crippen molar-refractivity contribution in [3.63, 3.8) is 0 Å². The summed E-state index contributed by atoms with van der Waals surface area (Å²) in [6.45, 7) is 0. The molecule has 7 heteroatoms. The standard InChI is InChI=1S/C18H15ClN6/c19-12-4-1-2-5-13(12)22-18-16-6-3-9-25(16)15-8-7-11(17(20)24-21)10-14(15)23-18/h1-10H,21H2,(H2,20,24)(H,22,23). The SMILES string of the molecule is N/N=C(\N)c1ccc2c(c1)nc(Nc1ccccc1Cl)c1cccn12. The van der Waals surface area contributed by atoms with E-state index in [0.29, 0.717) is 10.8 Å². The quantitative estimate of drug-likeness (QED) is 0.228. The molecule has 0 atom stereocenters. The molecule has 6 nitrogen and oxygen atoms in total.